The third-order valence-corrected chi connectivity index (χ3v) is 9.09. The van der Waals surface area contributed by atoms with Crippen molar-refractivity contribution >= 4 is 15.9 Å². The summed E-state index contributed by atoms with van der Waals surface area (Å²) in [7, 11) is -0.0532. The molecule has 3 aromatic carbocycles. The average molecular weight is 476 g/mol. The Morgan fingerprint density at radius 2 is 1.59 bits per heavy atom. The number of hydrogen-bond acceptors (Lipinski definition) is 4. The molecule has 176 valence electrons. The third kappa shape index (κ3) is 3.74. The van der Waals surface area contributed by atoms with Crippen LogP contribution in [0.25, 0.3) is 11.1 Å². The normalized spacial score (nSPS) is 22.1. The molecule has 6 nitrogen and oxygen atoms in total. The van der Waals surface area contributed by atoms with Crippen molar-refractivity contribution in [3.8, 4) is 11.1 Å². The molecule has 2 heterocycles. The molecule has 1 N–H and O–H groups in total. The summed E-state index contributed by atoms with van der Waals surface area (Å²) < 4.78 is 28.6. The molecule has 7 heteroatoms. The molecule has 2 bridgehead atoms. The van der Waals surface area contributed by atoms with E-state index in [0.29, 0.717) is 23.5 Å². The van der Waals surface area contributed by atoms with Crippen LogP contribution in [0, 0.1) is 6.92 Å². The van der Waals surface area contributed by atoms with Crippen LogP contribution in [-0.4, -0.2) is 62.8 Å². The van der Waals surface area contributed by atoms with Crippen LogP contribution in [-0.2, 0) is 10.0 Å². The quantitative estimate of drug-likeness (QED) is 0.613. The van der Waals surface area contributed by atoms with Crippen LogP contribution in [0.1, 0.15) is 27.4 Å². The van der Waals surface area contributed by atoms with E-state index in [0.717, 1.165) is 22.3 Å². The number of carbonyl (C=O) groups excluding carboxylic acids is 1. The van der Waals surface area contributed by atoms with Gasteiger partial charge in [0.2, 0.25) is 10.0 Å². The number of fused-ring (bicyclic) bond motifs is 2. The van der Waals surface area contributed by atoms with E-state index < -0.39 is 10.0 Å². The molecule has 3 atom stereocenters. The first-order valence-electron chi connectivity index (χ1n) is 11.5. The highest BCUT2D eigenvalue weighted by Gasteiger charge is 2.56. The SMILES string of the molecule is Cc1ccccc1S(=O)(=O)N1[C@@H]2CNC[C@H]1C2c1ccc(-c2cccc(C(=O)N(C)C)c2)cc1. The molecule has 0 aromatic heterocycles. The van der Waals surface area contributed by atoms with Gasteiger partial charge in [-0.05, 0) is 47.4 Å². The fraction of sp³-hybridized carbons (Fsp3) is 0.296. The van der Waals surface area contributed by atoms with Crippen LogP contribution in [0.2, 0.25) is 0 Å². The molecule has 0 spiro atoms. The smallest absolute Gasteiger partial charge is 0.253 e. The van der Waals surface area contributed by atoms with E-state index in [1.807, 2.05) is 43.3 Å². The average Bonchev–Trinajstić information content (AvgIpc) is 2.84. The highest BCUT2D eigenvalue weighted by molar-refractivity contribution is 7.89. The Kier molecular flexibility index (Phi) is 5.80. The van der Waals surface area contributed by atoms with E-state index in [4.69, 9.17) is 0 Å². The maximum atomic E-state index is 13.5. The van der Waals surface area contributed by atoms with E-state index >= 15 is 0 Å². The van der Waals surface area contributed by atoms with Gasteiger partial charge >= 0.3 is 0 Å². The Morgan fingerprint density at radius 3 is 2.24 bits per heavy atom. The maximum Gasteiger partial charge on any atom is 0.253 e. The number of hydrogen-bond donors (Lipinski definition) is 1. The fourth-order valence-electron chi connectivity index (χ4n) is 5.28. The monoisotopic (exact) mass is 475 g/mol. The van der Waals surface area contributed by atoms with E-state index in [2.05, 4.69) is 29.6 Å². The number of piperidine rings is 1. The van der Waals surface area contributed by atoms with Gasteiger partial charge in [0.05, 0.1) is 4.90 Å². The largest absolute Gasteiger partial charge is 0.345 e. The van der Waals surface area contributed by atoms with Gasteiger partial charge in [-0.1, -0.05) is 54.6 Å². The predicted molar refractivity (Wildman–Crippen MR) is 133 cm³/mol. The van der Waals surface area contributed by atoms with Crippen molar-refractivity contribution in [2.24, 2.45) is 0 Å². The molecule has 5 rings (SSSR count). The lowest BCUT2D eigenvalue weighted by Crippen LogP contribution is -2.73. The van der Waals surface area contributed by atoms with Gasteiger partial charge in [-0.2, -0.15) is 4.31 Å². The second-order valence-corrected chi connectivity index (χ2v) is 11.1. The standard InChI is InChI=1S/C27H29N3O3S/c1-18-7-4-5-10-25(18)34(32,33)30-23-16-28-17-24(30)26(23)20-13-11-19(12-14-20)21-8-6-9-22(15-21)27(31)29(2)3/h4-15,23-24,26,28H,16-17H2,1-3H3/t23-,24+,26?. The summed E-state index contributed by atoms with van der Waals surface area (Å²) in [4.78, 5) is 14.3. The van der Waals surface area contributed by atoms with Gasteiger partial charge < -0.3 is 10.2 Å². The minimum atomic E-state index is -3.55. The summed E-state index contributed by atoms with van der Waals surface area (Å²) in [6.07, 6.45) is 0. The van der Waals surface area contributed by atoms with Crippen molar-refractivity contribution in [2.45, 2.75) is 29.8 Å². The number of sulfonamides is 1. The molecule has 34 heavy (non-hydrogen) atoms. The van der Waals surface area contributed by atoms with E-state index in [-0.39, 0.29) is 23.9 Å². The van der Waals surface area contributed by atoms with Crippen LogP contribution in [0.15, 0.2) is 77.7 Å². The second-order valence-electron chi connectivity index (χ2n) is 9.32. The first-order chi connectivity index (χ1) is 16.3. The molecule has 1 unspecified atom stereocenters. The molecule has 2 fully saturated rings. The van der Waals surface area contributed by atoms with Crippen LogP contribution in [0.3, 0.4) is 0 Å². The highest BCUT2D eigenvalue weighted by Crippen LogP contribution is 2.46. The van der Waals surface area contributed by atoms with Gasteiger partial charge in [0.15, 0.2) is 0 Å². The third-order valence-electron chi connectivity index (χ3n) is 6.98. The number of benzene rings is 3. The lowest BCUT2D eigenvalue weighted by atomic mass is 9.74. The van der Waals surface area contributed by atoms with Crippen molar-refractivity contribution in [3.05, 3.63) is 89.5 Å². The molecule has 0 aliphatic carbocycles. The second kappa shape index (κ2) is 8.65. The number of carbonyl (C=O) groups is 1. The fourth-order valence-corrected chi connectivity index (χ4v) is 7.36. The summed E-state index contributed by atoms with van der Waals surface area (Å²) in [5.74, 6) is 0.138. The Morgan fingerprint density at radius 1 is 0.912 bits per heavy atom. The Bertz CT molecular complexity index is 1320. The van der Waals surface area contributed by atoms with Crippen molar-refractivity contribution < 1.29 is 13.2 Å². The summed E-state index contributed by atoms with van der Waals surface area (Å²) in [6.45, 7) is 3.13. The van der Waals surface area contributed by atoms with Crippen LogP contribution in [0.4, 0.5) is 0 Å². The van der Waals surface area contributed by atoms with Crippen LogP contribution >= 0.6 is 0 Å². The zero-order chi connectivity index (χ0) is 24.0. The van der Waals surface area contributed by atoms with Gasteiger partial charge in [-0.15, -0.1) is 0 Å². The molecule has 2 saturated heterocycles. The molecule has 0 saturated carbocycles. The van der Waals surface area contributed by atoms with E-state index in [1.165, 1.54) is 0 Å². The lowest BCUT2D eigenvalue weighted by Gasteiger charge is -2.58. The van der Waals surface area contributed by atoms with Crippen LogP contribution < -0.4 is 5.32 Å². The predicted octanol–water partition coefficient (Wildman–Crippen LogP) is 3.49. The molecule has 2 aliphatic rings. The number of rotatable bonds is 5. The Hall–Kier alpha value is -3.00. The maximum absolute atomic E-state index is 13.5. The zero-order valence-electron chi connectivity index (χ0n) is 19.6. The van der Waals surface area contributed by atoms with Crippen molar-refractivity contribution in [1.82, 2.24) is 14.5 Å². The van der Waals surface area contributed by atoms with E-state index in [1.54, 1.807) is 35.4 Å². The molecule has 1 amide bonds. The number of amides is 1. The number of aryl methyl sites for hydroxylation is 1. The van der Waals surface area contributed by atoms with Crippen molar-refractivity contribution in [3.63, 3.8) is 0 Å². The van der Waals surface area contributed by atoms with Gasteiger partial charge in [-0.25, -0.2) is 8.42 Å². The van der Waals surface area contributed by atoms with Gasteiger partial charge in [0, 0.05) is 50.7 Å². The van der Waals surface area contributed by atoms with Crippen LogP contribution in [0.5, 0.6) is 0 Å². The van der Waals surface area contributed by atoms with Gasteiger partial charge in [-0.3, -0.25) is 4.79 Å². The number of piperazine rings is 1. The zero-order valence-corrected chi connectivity index (χ0v) is 20.4. The molecular weight excluding hydrogens is 446 g/mol. The lowest BCUT2D eigenvalue weighted by molar-refractivity contribution is 0.0370. The summed E-state index contributed by atoms with van der Waals surface area (Å²) in [5.41, 5.74) is 4.60. The van der Waals surface area contributed by atoms with Gasteiger partial charge in [0.25, 0.3) is 5.91 Å². The highest BCUT2D eigenvalue weighted by atomic mass is 32.2. The number of nitrogens with one attached hydrogen (secondary N) is 1. The van der Waals surface area contributed by atoms with Crippen molar-refractivity contribution in [2.75, 3.05) is 27.2 Å². The Labute approximate surface area is 201 Å². The molecular formula is C27H29N3O3S. The molecule has 0 radical (unpaired) electrons. The number of nitrogens with zero attached hydrogens (tertiary/aromatic N) is 2. The summed E-state index contributed by atoms with van der Waals surface area (Å²) >= 11 is 0. The topological polar surface area (TPSA) is 69.7 Å². The molecule has 3 aromatic rings. The van der Waals surface area contributed by atoms with Crippen molar-refractivity contribution in [1.29, 1.82) is 0 Å². The summed E-state index contributed by atoms with van der Waals surface area (Å²) in [6, 6.07) is 23.0. The summed E-state index contributed by atoms with van der Waals surface area (Å²) in [5, 5.41) is 3.37. The Balaban J connectivity index is 1.40. The van der Waals surface area contributed by atoms with Gasteiger partial charge in [0.1, 0.15) is 0 Å². The first kappa shape index (κ1) is 22.8. The van der Waals surface area contributed by atoms with E-state index in [9.17, 15) is 13.2 Å². The minimum Gasteiger partial charge on any atom is -0.345 e. The first-order valence-corrected chi connectivity index (χ1v) is 12.9. The molecule has 2 aliphatic heterocycles. The minimum absolute atomic E-state index is 0.0248.